The Kier molecular flexibility index (Phi) is 5.03. The minimum Gasteiger partial charge on any atom is -0.497 e. The van der Waals surface area contributed by atoms with Crippen molar-refractivity contribution < 1.29 is 19.4 Å². The molecule has 132 valence electrons. The van der Waals surface area contributed by atoms with Crippen LogP contribution >= 0.6 is 11.3 Å². The number of carboxylic acids is 1. The van der Waals surface area contributed by atoms with Gasteiger partial charge >= 0.3 is 5.97 Å². The number of hydrogen-bond acceptors (Lipinski definition) is 5. The normalized spacial score (nSPS) is 20.3. The summed E-state index contributed by atoms with van der Waals surface area (Å²) in [5.74, 6) is -0.783. The molecular formula is C18H20N2O4S. The molecular weight excluding hydrogens is 340 g/mol. The Morgan fingerprint density at radius 1 is 1.28 bits per heavy atom. The number of methoxy groups -OCH3 is 1. The molecule has 2 unspecified atom stereocenters. The van der Waals surface area contributed by atoms with Crippen LogP contribution in [0.2, 0.25) is 0 Å². The van der Waals surface area contributed by atoms with Gasteiger partial charge in [-0.25, -0.2) is 4.98 Å². The molecule has 1 aromatic carbocycles. The van der Waals surface area contributed by atoms with E-state index in [-0.39, 0.29) is 18.5 Å². The van der Waals surface area contributed by atoms with Crippen LogP contribution < -0.4 is 4.74 Å². The molecule has 0 radical (unpaired) electrons. The molecule has 0 spiro atoms. The first-order valence-electron chi connectivity index (χ1n) is 8.13. The van der Waals surface area contributed by atoms with Crippen LogP contribution in [0, 0.1) is 5.92 Å². The summed E-state index contributed by atoms with van der Waals surface area (Å²) < 4.78 is 5.14. The first-order chi connectivity index (χ1) is 12.0. The van der Waals surface area contributed by atoms with Crippen LogP contribution in [0.5, 0.6) is 5.75 Å². The lowest BCUT2D eigenvalue weighted by Crippen LogP contribution is -2.47. The number of nitrogens with zero attached hydrogens (tertiary/aromatic N) is 2. The summed E-state index contributed by atoms with van der Waals surface area (Å²) in [5, 5.41) is 11.7. The zero-order valence-corrected chi connectivity index (χ0v) is 15.0. The fourth-order valence-corrected chi connectivity index (χ4v) is 3.78. The van der Waals surface area contributed by atoms with Crippen LogP contribution in [0.25, 0.3) is 10.6 Å². The van der Waals surface area contributed by atoms with Crippen LogP contribution in [0.3, 0.4) is 0 Å². The summed E-state index contributed by atoms with van der Waals surface area (Å²) in [6.07, 6.45) is 1.30. The van der Waals surface area contributed by atoms with Gasteiger partial charge in [0.1, 0.15) is 16.5 Å². The molecule has 2 atom stereocenters. The molecule has 0 saturated carbocycles. The predicted octanol–water partition coefficient (Wildman–Crippen LogP) is 3.14. The Morgan fingerprint density at radius 3 is 2.64 bits per heavy atom. The van der Waals surface area contributed by atoms with E-state index in [9.17, 15) is 14.7 Å². The number of hydrogen-bond donors (Lipinski definition) is 1. The summed E-state index contributed by atoms with van der Waals surface area (Å²) in [6, 6.07) is 7.52. The highest BCUT2D eigenvalue weighted by Crippen LogP contribution is 2.28. The molecule has 3 rings (SSSR count). The number of carbonyl (C=O) groups excluding carboxylic acids is 1. The third-order valence-corrected chi connectivity index (χ3v) is 5.44. The number of rotatable bonds is 4. The van der Waals surface area contributed by atoms with E-state index in [1.165, 1.54) is 11.3 Å². The predicted molar refractivity (Wildman–Crippen MR) is 95.0 cm³/mol. The van der Waals surface area contributed by atoms with Gasteiger partial charge in [0, 0.05) is 23.5 Å². The summed E-state index contributed by atoms with van der Waals surface area (Å²) in [6.45, 7) is 2.19. The number of likely N-dealkylation sites (tertiary alicyclic amines) is 1. The number of thiazole rings is 1. The van der Waals surface area contributed by atoms with E-state index >= 15 is 0 Å². The zero-order valence-electron chi connectivity index (χ0n) is 14.1. The summed E-state index contributed by atoms with van der Waals surface area (Å²) in [4.78, 5) is 30.1. The van der Waals surface area contributed by atoms with E-state index in [4.69, 9.17) is 4.74 Å². The monoisotopic (exact) mass is 360 g/mol. The third-order valence-electron chi connectivity index (χ3n) is 4.55. The molecule has 1 amide bonds. The Balaban J connectivity index is 1.78. The SMILES string of the molecule is COc1ccc(-c2nc(C(=O)N3CC(C(=O)O)CCC3C)cs2)cc1. The molecule has 7 heteroatoms. The minimum atomic E-state index is -0.845. The Hall–Kier alpha value is -2.41. The molecule has 1 fully saturated rings. The largest absolute Gasteiger partial charge is 0.497 e. The van der Waals surface area contributed by atoms with Crippen molar-refractivity contribution in [3.05, 3.63) is 35.3 Å². The van der Waals surface area contributed by atoms with Crippen molar-refractivity contribution in [1.29, 1.82) is 0 Å². The zero-order chi connectivity index (χ0) is 18.0. The van der Waals surface area contributed by atoms with E-state index < -0.39 is 11.9 Å². The number of aromatic nitrogens is 1. The van der Waals surface area contributed by atoms with Crippen LogP contribution in [0.15, 0.2) is 29.6 Å². The minimum absolute atomic E-state index is 0.0224. The summed E-state index contributed by atoms with van der Waals surface area (Å²) in [7, 11) is 1.61. The van der Waals surface area contributed by atoms with Crippen LogP contribution in [0.1, 0.15) is 30.3 Å². The molecule has 0 aliphatic carbocycles. The highest BCUT2D eigenvalue weighted by atomic mass is 32.1. The molecule has 0 bridgehead atoms. The lowest BCUT2D eigenvalue weighted by Gasteiger charge is -2.36. The van der Waals surface area contributed by atoms with Crippen molar-refractivity contribution in [2.75, 3.05) is 13.7 Å². The Labute approximate surface area is 150 Å². The highest BCUT2D eigenvalue weighted by molar-refractivity contribution is 7.13. The van der Waals surface area contributed by atoms with E-state index in [1.54, 1.807) is 17.4 Å². The Morgan fingerprint density at radius 2 is 2.00 bits per heavy atom. The van der Waals surface area contributed by atoms with Gasteiger partial charge in [0.2, 0.25) is 0 Å². The molecule has 6 nitrogen and oxygen atoms in total. The first kappa shape index (κ1) is 17.4. The van der Waals surface area contributed by atoms with Crippen molar-refractivity contribution in [2.45, 2.75) is 25.8 Å². The van der Waals surface area contributed by atoms with Crippen molar-refractivity contribution in [3.8, 4) is 16.3 Å². The van der Waals surface area contributed by atoms with Crippen LogP contribution in [0.4, 0.5) is 0 Å². The number of benzene rings is 1. The molecule has 2 heterocycles. The number of piperidine rings is 1. The van der Waals surface area contributed by atoms with E-state index in [1.807, 2.05) is 31.2 Å². The second-order valence-electron chi connectivity index (χ2n) is 6.19. The van der Waals surface area contributed by atoms with Crippen molar-refractivity contribution in [2.24, 2.45) is 5.92 Å². The number of carbonyl (C=O) groups is 2. The number of aliphatic carboxylic acids is 1. The van der Waals surface area contributed by atoms with Gasteiger partial charge < -0.3 is 14.7 Å². The van der Waals surface area contributed by atoms with Gasteiger partial charge in [-0.3, -0.25) is 9.59 Å². The molecule has 1 aromatic heterocycles. The maximum Gasteiger partial charge on any atom is 0.308 e. The average Bonchev–Trinajstić information content (AvgIpc) is 3.11. The van der Waals surface area contributed by atoms with Gasteiger partial charge in [-0.15, -0.1) is 11.3 Å². The van der Waals surface area contributed by atoms with E-state index in [0.29, 0.717) is 18.5 Å². The van der Waals surface area contributed by atoms with Crippen LogP contribution in [-0.2, 0) is 4.79 Å². The Bertz CT molecular complexity index is 772. The topological polar surface area (TPSA) is 79.7 Å². The van der Waals surface area contributed by atoms with Gasteiger partial charge in [-0.1, -0.05) is 0 Å². The van der Waals surface area contributed by atoms with Gasteiger partial charge in [0.15, 0.2) is 0 Å². The number of ether oxygens (including phenoxy) is 1. The molecule has 2 aromatic rings. The fourth-order valence-electron chi connectivity index (χ4n) is 2.98. The van der Waals surface area contributed by atoms with Gasteiger partial charge in [0.05, 0.1) is 13.0 Å². The standard InChI is InChI=1S/C18H20N2O4S/c1-11-3-4-13(18(22)23)9-20(11)17(21)15-10-25-16(19-15)12-5-7-14(24-2)8-6-12/h5-8,10-11,13H,3-4,9H2,1-2H3,(H,22,23). The van der Waals surface area contributed by atoms with Crippen LogP contribution in [-0.4, -0.2) is 46.6 Å². The maximum atomic E-state index is 12.8. The summed E-state index contributed by atoms with van der Waals surface area (Å²) >= 11 is 1.40. The van der Waals surface area contributed by atoms with Gasteiger partial charge in [-0.2, -0.15) is 0 Å². The third kappa shape index (κ3) is 3.66. The highest BCUT2D eigenvalue weighted by Gasteiger charge is 2.33. The van der Waals surface area contributed by atoms with E-state index in [2.05, 4.69) is 4.98 Å². The smallest absolute Gasteiger partial charge is 0.308 e. The number of carboxylic acid groups (broad SMARTS) is 1. The fraction of sp³-hybridized carbons (Fsp3) is 0.389. The lowest BCUT2D eigenvalue weighted by atomic mass is 9.93. The molecule has 1 aliphatic rings. The second kappa shape index (κ2) is 7.23. The average molecular weight is 360 g/mol. The van der Waals surface area contributed by atoms with E-state index in [0.717, 1.165) is 16.3 Å². The lowest BCUT2D eigenvalue weighted by molar-refractivity contribution is -0.143. The second-order valence-corrected chi connectivity index (χ2v) is 7.04. The molecule has 1 aliphatic heterocycles. The molecule has 25 heavy (non-hydrogen) atoms. The maximum absolute atomic E-state index is 12.8. The number of amides is 1. The molecule has 1 saturated heterocycles. The van der Waals surface area contributed by atoms with Crippen molar-refractivity contribution in [1.82, 2.24) is 9.88 Å². The van der Waals surface area contributed by atoms with Crippen molar-refractivity contribution >= 4 is 23.2 Å². The van der Waals surface area contributed by atoms with Gasteiger partial charge in [0.25, 0.3) is 5.91 Å². The van der Waals surface area contributed by atoms with Crippen molar-refractivity contribution in [3.63, 3.8) is 0 Å². The molecule has 1 N–H and O–H groups in total. The summed E-state index contributed by atoms with van der Waals surface area (Å²) in [5.41, 5.74) is 1.29. The van der Waals surface area contributed by atoms with Gasteiger partial charge in [-0.05, 0) is 44.0 Å². The first-order valence-corrected chi connectivity index (χ1v) is 9.01. The quantitative estimate of drug-likeness (QED) is 0.906.